The molecule has 2 aromatic rings. The topological polar surface area (TPSA) is 71.9 Å². The zero-order valence-electron chi connectivity index (χ0n) is 8.72. The second kappa shape index (κ2) is 4.73. The number of anilines is 1. The van der Waals surface area contributed by atoms with Gasteiger partial charge in [0.05, 0.1) is 17.3 Å². The van der Waals surface area contributed by atoms with E-state index in [9.17, 15) is 0 Å². The van der Waals surface area contributed by atoms with Crippen molar-refractivity contribution in [3.8, 4) is 17.7 Å². The Bertz CT molecular complexity index is 575. The van der Waals surface area contributed by atoms with E-state index < -0.39 is 0 Å². The van der Waals surface area contributed by atoms with Crippen molar-refractivity contribution in [1.29, 1.82) is 5.26 Å². The molecule has 0 spiro atoms. The van der Waals surface area contributed by atoms with E-state index >= 15 is 0 Å². The third-order valence-corrected chi connectivity index (χ3v) is 2.26. The fourth-order valence-electron chi connectivity index (χ4n) is 1.22. The number of hydrogen-bond donors (Lipinski definition) is 1. The van der Waals surface area contributed by atoms with Gasteiger partial charge in [0, 0.05) is 0 Å². The van der Waals surface area contributed by atoms with Gasteiger partial charge in [-0.25, -0.2) is 0 Å². The Hall–Kier alpha value is -2.25. The minimum Gasteiger partial charge on any atom is -0.437 e. The largest absolute Gasteiger partial charge is 0.437 e. The van der Waals surface area contributed by atoms with Crippen LogP contribution >= 0.6 is 11.6 Å². The van der Waals surface area contributed by atoms with E-state index in [1.165, 1.54) is 0 Å². The maximum atomic E-state index is 8.66. The van der Waals surface area contributed by atoms with Gasteiger partial charge < -0.3 is 10.5 Å². The van der Waals surface area contributed by atoms with Gasteiger partial charge in [-0.2, -0.15) is 10.2 Å². The molecule has 17 heavy (non-hydrogen) atoms. The molecular formula is C12H8ClN3O. The van der Waals surface area contributed by atoms with Crippen LogP contribution in [-0.4, -0.2) is 4.98 Å². The fraction of sp³-hybridized carbons (Fsp3) is 0. The smallest absolute Gasteiger partial charge is 0.244 e. The van der Waals surface area contributed by atoms with Crippen molar-refractivity contribution < 1.29 is 4.74 Å². The van der Waals surface area contributed by atoms with Crippen LogP contribution in [-0.2, 0) is 0 Å². The van der Waals surface area contributed by atoms with Crippen LogP contribution in [0.3, 0.4) is 0 Å². The Morgan fingerprint density at radius 3 is 2.53 bits per heavy atom. The first-order chi connectivity index (χ1) is 8.19. The number of nitrogens with two attached hydrogens (primary N) is 1. The van der Waals surface area contributed by atoms with Crippen molar-refractivity contribution in [3.05, 3.63) is 47.1 Å². The van der Waals surface area contributed by atoms with E-state index in [-0.39, 0.29) is 5.88 Å². The van der Waals surface area contributed by atoms with Crippen molar-refractivity contribution in [1.82, 2.24) is 4.98 Å². The molecule has 0 saturated carbocycles. The Kier molecular flexibility index (Phi) is 3.12. The molecule has 0 fully saturated rings. The third-order valence-electron chi connectivity index (χ3n) is 2.05. The maximum Gasteiger partial charge on any atom is 0.244 e. The molecule has 0 amide bonds. The summed E-state index contributed by atoms with van der Waals surface area (Å²) in [6.45, 7) is 0. The molecule has 0 saturated heterocycles. The minimum atomic E-state index is 0.252. The monoisotopic (exact) mass is 245 g/mol. The lowest BCUT2D eigenvalue weighted by atomic mass is 10.2. The first kappa shape index (κ1) is 11.2. The Morgan fingerprint density at radius 2 is 1.88 bits per heavy atom. The summed E-state index contributed by atoms with van der Waals surface area (Å²) in [4.78, 5) is 3.96. The highest BCUT2D eigenvalue weighted by Crippen LogP contribution is 2.26. The summed E-state index contributed by atoms with van der Waals surface area (Å²) in [7, 11) is 0. The van der Waals surface area contributed by atoms with Crippen LogP contribution in [0.1, 0.15) is 5.56 Å². The van der Waals surface area contributed by atoms with Gasteiger partial charge in [0.2, 0.25) is 5.88 Å². The molecule has 0 radical (unpaired) electrons. The van der Waals surface area contributed by atoms with Gasteiger partial charge in [-0.05, 0) is 36.4 Å². The van der Waals surface area contributed by atoms with Crippen molar-refractivity contribution in [3.63, 3.8) is 0 Å². The number of pyridine rings is 1. The Labute approximate surface area is 103 Å². The number of ether oxygens (including phenoxy) is 1. The van der Waals surface area contributed by atoms with Gasteiger partial charge in [0.15, 0.2) is 0 Å². The van der Waals surface area contributed by atoms with Crippen molar-refractivity contribution in [2.24, 2.45) is 0 Å². The summed E-state index contributed by atoms with van der Waals surface area (Å²) in [5.41, 5.74) is 6.66. The quantitative estimate of drug-likeness (QED) is 0.826. The molecule has 5 heteroatoms. The Balaban J connectivity index is 2.25. The molecule has 0 bridgehead atoms. The van der Waals surface area contributed by atoms with Gasteiger partial charge in [-0.15, -0.1) is 0 Å². The molecule has 0 atom stereocenters. The number of hydrogen-bond acceptors (Lipinski definition) is 4. The van der Waals surface area contributed by atoms with E-state index in [2.05, 4.69) is 4.98 Å². The second-order valence-electron chi connectivity index (χ2n) is 3.27. The number of benzene rings is 1. The maximum absolute atomic E-state index is 8.66. The summed E-state index contributed by atoms with van der Waals surface area (Å²) < 4.78 is 5.46. The molecule has 0 aliphatic carbocycles. The van der Waals surface area contributed by atoms with E-state index in [0.717, 1.165) is 0 Å². The molecule has 1 heterocycles. The predicted octanol–water partition coefficient (Wildman–Crippen LogP) is 2.98. The molecule has 84 valence electrons. The molecule has 0 unspecified atom stereocenters. The van der Waals surface area contributed by atoms with Crippen molar-refractivity contribution in [2.45, 2.75) is 0 Å². The zero-order chi connectivity index (χ0) is 12.3. The normalized spacial score (nSPS) is 9.65. The summed E-state index contributed by atoms with van der Waals surface area (Å²) in [6, 6.07) is 11.9. The molecule has 2 rings (SSSR count). The number of halogens is 1. The molecule has 0 aliphatic heterocycles. The van der Waals surface area contributed by atoms with Crippen LogP contribution in [0.25, 0.3) is 0 Å². The van der Waals surface area contributed by atoms with Gasteiger partial charge in [0.1, 0.15) is 10.9 Å². The van der Waals surface area contributed by atoms with Crippen molar-refractivity contribution >= 4 is 17.3 Å². The second-order valence-corrected chi connectivity index (χ2v) is 3.65. The number of nitrogens with zero attached hydrogens (tertiary/aromatic N) is 2. The van der Waals surface area contributed by atoms with Crippen LogP contribution in [0.15, 0.2) is 36.4 Å². The third kappa shape index (κ3) is 2.65. The molecular weight excluding hydrogens is 238 g/mol. The minimum absolute atomic E-state index is 0.252. The van der Waals surface area contributed by atoms with Gasteiger partial charge >= 0.3 is 0 Å². The van der Waals surface area contributed by atoms with Crippen LogP contribution < -0.4 is 10.5 Å². The van der Waals surface area contributed by atoms with Crippen LogP contribution in [0.4, 0.5) is 5.69 Å². The molecule has 1 aromatic heterocycles. The predicted molar refractivity (Wildman–Crippen MR) is 64.9 cm³/mol. The standard InChI is InChI=1S/C12H8ClN3O/c13-11-6-5-10(15)12(16-11)17-9-3-1-8(7-14)2-4-9/h1-6H,15H2. The zero-order valence-corrected chi connectivity index (χ0v) is 9.48. The molecule has 0 aliphatic rings. The highest BCUT2D eigenvalue weighted by atomic mass is 35.5. The summed E-state index contributed by atoms with van der Waals surface area (Å²) in [5, 5.41) is 8.97. The molecule has 2 N–H and O–H groups in total. The average Bonchev–Trinajstić information content (AvgIpc) is 2.35. The Morgan fingerprint density at radius 1 is 1.18 bits per heavy atom. The highest BCUT2D eigenvalue weighted by molar-refractivity contribution is 6.29. The van der Waals surface area contributed by atoms with E-state index in [1.54, 1.807) is 36.4 Å². The molecule has 4 nitrogen and oxygen atoms in total. The SMILES string of the molecule is N#Cc1ccc(Oc2nc(Cl)ccc2N)cc1. The van der Waals surface area contributed by atoms with Gasteiger partial charge in [-0.1, -0.05) is 11.6 Å². The number of rotatable bonds is 2. The average molecular weight is 246 g/mol. The van der Waals surface area contributed by atoms with Gasteiger partial charge in [-0.3, -0.25) is 0 Å². The highest BCUT2D eigenvalue weighted by Gasteiger charge is 2.04. The summed E-state index contributed by atoms with van der Waals surface area (Å²) >= 11 is 5.74. The van der Waals surface area contributed by atoms with Crippen LogP contribution in [0, 0.1) is 11.3 Å². The number of nitriles is 1. The van der Waals surface area contributed by atoms with Crippen LogP contribution in [0.2, 0.25) is 5.15 Å². The summed E-state index contributed by atoms with van der Waals surface area (Å²) in [6.07, 6.45) is 0. The van der Waals surface area contributed by atoms with Gasteiger partial charge in [0.25, 0.3) is 0 Å². The lowest BCUT2D eigenvalue weighted by Crippen LogP contribution is -1.95. The fourth-order valence-corrected chi connectivity index (χ4v) is 1.36. The van der Waals surface area contributed by atoms with Crippen molar-refractivity contribution in [2.75, 3.05) is 5.73 Å². The number of aromatic nitrogens is 1. The molecule has 1 aromatic carbocycles. The van der Waals surface area contributed by atoms with E-state index in [4.69, 9.17) is 27.3 Å². The lowest BCUT2D eigenvalue weighted by Gasteiger charge is -2.07. The first-order valence-electron chi connectivity index (χ1n) is 4.79. The summed E-state index contributed by atoms with van der Waals surface area (Å²) in [5.74, 6) is 0.799. The first-order valence-corrected chi connectivity index (χ1v) is 5.17. The lowest BCUT2D eigenvalue weighted by molar-refractivity contribution is 0.465. The van der Waals surface area contributed by atoms with E-state index in [0.29, 0.717) is 22.2 Å². The van der Waals surface area contributed by atoms with E-state index in [1.807, 2.05) is 6.07 Å². The van der Waals surface area contributed by atoms with Crippen LogP contribution in [0.5, 0.6) is 11.6 Å². The number of nitrogen functional groups attached to an aromatic ring is 1.